The summed E-state index contributed by atoms with van der Waals surface area (Å²) in [5.41, 5.74) is 1.68. The van der Waals surface area contributed by atoms with E-state index in [-0.39, 0.29) is 11.5 Å². The van der Waals surface area contributed by atoms with Crippen molar-refractivity contribution in [3.8, 4) is 11.3 Å². The first kappa shape index (κ1) is 19.7. The quantitative estimate of drug-likeness (QED) is 0.500. The normalized spacial score (nSPS) is 14.0. The summed E-state index contributed by atoms with van der Waals surface area (Å²) in [6.07, 6.45) is 3.33. The van der Waals surface area contributed by atoms with Gasteiger partial charge in [-0.25, -0.2) is 4.79 Å². The number of para-hydroxylation sites is 1. The summed E-state index contributed by atoms with van der Waals surface area (Å²) in [6, 6.07) is 14.0. The average Bonchev–Trinajstić information content (AvgIpc) is 3.34. The summed E-state index contributed by atoms with van der Waals surface area (Å²) in [5.74, 6) is -0.576. The summed E-state index contributed by atoms with van der Waals surface area (Å²) in [4.78, 5) is 45.3. The topological polar surface area (TPSA) is 112 Å². The van der Waals surface area contributed by atoms with E-state index in [0.29, 0.717) is 48.5 Å². The maximum Gasteiger partial charge on any atom is 0.349 e. The van der Waals surface area contributed by atoms with E-state index in [1.54, 1.807) is 52.5 Å². The Balaban J connectivity index is 1.27. The Kier molecular flexibility index (Phi) is 4.98. The number of H-pyrrole nitrogens is 1. The third kappa shape index (κ3) is 3.64. The van der Waals surface area contributed by atoms with Crippen molar-refractivity contribution >= 4 is 22.8 Å². The van der Waals surface area contributed by atoms with Gasteiger partial charge in [0, 0.05) is 49.5 Å². The molecule has 0 bridgehead atoms. The number of nitrogens with zero attached hydrogens (tertiary/aromatic N) is 4. The molecule has 1 fully saturated rings. The van der Waals surface area contributed by atoms with E-state index in [2.05, 4.69) is 15.2 Å². The van der Waals surface area contributed by atoms with E-state index in [0.717, 1.165) is 5.56 Å². The fraction of sp³-hybridized carbons (Fsp3) is 0.174. The fourth-order valence-electron chi connectivity index (χ4n) is 3.77. The number of piperazine rings is 1. The largest absolute Gasteiger partial charge is 0.422 e. The van der Waals surface area contributed by atoms with Gasteiger partial charge in [0.1, 0.15) is 16.8 Å². The van der Waals surface area contributed by atoms with Gasteiger partial charge in [-0.1, -0.05) is 18.2 Å². The van der Waals surface area contributed by atoms with Crippen molar-refractivity contribution in [2.45, 2.75) is 0 Å². The van der Waals surface area contributed by atoms with E-state index < -0.39 is 11.5 Å². The highest BCUT2D eigenvalue weighted by Crippen LogP contribution is 2.18. The summed E-state index contributed by atoms with van der Waals surface area (Å²) in [6.45, 7) is 1.35. The van der Waals surface area contributed by atoms with Crippen LogP contribution in [0.2, 0.25) is 0 Å². The molecule has 1 aromatic carbocycles. The average molecular weight is 429 g/mol. The van der Waals surface area contributed by atoms with Crippen LogP contribution >= 0.6 is 0 Å². The molecule has 32 heavy (non-hydrogen) atoms. The smallest absolute Gasteiger partial charge is 0.349 e. The lowest BCUT2D eigenvalue weighted by Crippen LogP contribution is -2.51. The first-order valence-electron chi connectivity index (χ1n) is 10.2. The predicted octanol–water partition coefficient (Wildman–Crippen LogP) is 2.18. The summed E-state index contributed by atoms with van der Waals surface area (Å²) in [7, 11) is 0. The Morgan fingerprint density at radius 2 is 1.59 bits per heavy atom. The lowest BCUT2D eigenvalue weighted by Gasteiger charge is -2.34. The van der Waals surface area contributed by atoms with Gasteiger partial charge in [-0.3, -0.25) is 19.7 Å². The van der Waals surface area contributed by atoms with Gasteiger partial charge >= 0.3 is 5.63 Å². The molecule has 1 saturated heterocycles. The van der Waals surface area contributed by atoms with Crippen molar-refractivity contribution in [3.63, 3.8) is 0 Å². The van der Waals surface area contributed by atoms with Gasteiger partial charge in [0.05, 0.1) is 5.69 Å². The maximum absolute atomic E-state index is 12.9. The summed E-state index contributed by atoms with van der Waals surface area (Å²) < 4.78 is 5.28. The van der Waals surface area contributed by atoms with E-state index >= 15 is 0 Å². The molecule has 4 aromatic rings. The van der Waals surface area contributed by atoms with Gasteiger partial charge in [0.15, 0.2) is 0 Å². The molecule has 160 valence electrons. The standard InChI is InChI=1S/C23H19N5O4/c29-21(17-13-16-3-1-2-4-20(16)32-23(17)31)27-9-11-28(12-10-27)22(30)19-14-18(25-26-19)15-5-7-24-8-6-15/h1-8,13-14H,9-12H2,(H,25,26). The number of nitrogens with one attached hydrogen (secondary N) is 1. The third-order valence-corrected chi connectivity index (χ3v) is 5.51. The van der Waals surface area contributed by atoms with E-state index in [9.17, 15) is 14.4 Å². The van der Waals surface area contributed by atoms with Crippen LogP contribution in [0.5, 0.6) is 0 Å². The zero-order valence-electron chi connectivity index (χ0n) is 17.0. The number of fused-ring (bicyclic) bond motifs is 1. The number of amides is 2. The monoisotopic (exact) mass is 429 g/mol. The zero-order chi connectivity index (χ0) is 22.1. The lowest BCUT2D eigenvalue weighted by atomic mass is 10.1. The van der Waals surface area contributed by atoms with Gasteiger partial charge in [-0.05, 0) is 30.3 Å². The van der Waals surface area contributed by atoms with Crippen molar-refractivity contribution in [2.24, 2.45) is 0 Å². The molecule has 1 N–H and O–H groups in total. The molecule has 0 saturated carbocycles. The van der Waals surface area contributed by atoms with Crippen LogP contribution < -0.4 is 5.63 Å². The molecular formula is C23H19N5O4. The van der Waals surface area contributed by atoms with Crippen molar-refractivity contribution in [1.82, 2.24) is 25.0 Å². The molecule has 1 aliphatic heterocycles. The Hall–Kier alpha value is -4.27. The van der Waals surface area contributed by atoms with Crippen molar-refractivity contribution in [3.05, 3.63) is 82.6 Å². The molecule has 5 rings (SSSR count). The Morgan fingerprint density at radius 1 is 0.906 bits per heavy atom. The maximum atomic E-state index is 12.9. The molecule has 9 nitrogen and oxygen atoms in total. The van der Waals surface area contributed by atoms with E-state index in [4.69, 9.17) is 4.42 Å². The molecule has 4 heterocycles. The second kappa shape index (κ2) is 8.10. The number of pyridine rings is 1. The van der Waals surface area contributed by atoms with Crippen LogP contribution in [0.15, 0.2) is 70.1 Å². The molecule has 0 radical (unpaired) electrons. The first-order valence-corrected chi connectivity index (χ1v) is 10.2. The van der Waals surface area contributed by atoms with Crippen molar-refractivity contribution < 1.29 is 14.0 Å². The molecule has 1 aliphatic rings. The molecule has 0 spiro atoms. The Morgan fingerprint density at radius 3 is 2.34 bits per heavy atom. The number of carbonyl (C=O) groups excluding carboxylic acids is 2. The second-order valence-electron chi connectivity index (χ2n) is 7.47. The Labute approximate surface area is 182 Å². The predicted molar refractivity (Wildman–Crippen MR) is 116 cm³/mol. The Bertz CT molecular complexity index is 1350. The second-order valence-corrected chi connectivity index (χ2v) is 7.47. The first-order chi connectivity index (χ1) is 15.6. The number of rotatable bonds is 3. The van der Waals surface area contributed by atoms with Crippen LogP contribution in [-0.2, 0) is 0 Å². The number of carbonyl (C=O) groups is 2. The minimum Gasteiger partial charge on any atom is -0.422 e. The summed E-state index contributed by atoms with van der Waals surface area (Å²) in [5, 5.41) is 7.69. The molecule has 0 aliphatic carbocycles. The highest BCUT2D eigenvalue weighted by Gasteiger charge is 2.28. The van der Waals surface area contributed by atoms with Crippen LogP contribution in [0.1, 0.15) is 20.8 Å². The molecule has 2 amide bonds. The molecule has 0 atom stereocenters. The van der Waals surface area contributed by atoms with Crippen LogP contribution in [0.25, 0.3) is 22.2 Å². The number of aromatic amines is 1. The minimum atomic E-state index is -0.659. The fourth-order valence-corrected chi connectivity index (χ4v) is 3.77. The summed E-state index contributed by atoms with van der Waals surface area (Å²) >= 11 is 0. The van der Waals surface area contributed by atoms with Gasteiger partial charge in [0.2, 0.25) is 0 Å². The SMILES string of the molecule is O=C(c1cc(-c2ccncc2)n[nH]1)N1CCN(C(=O)c2cc3ccccc3oc2=O)CC1. The van der Waals surface area contributed by atoms with E-state index in [1.165, 1.54) is 0 Å². The number of hydrogen-bond acceptors (Lipinski definition) is 6. The van der Waals surface area contributed by atoms with Crippen LogP contribution in [0.3, 0.4) is 0 Å². The van der Waals surface area contributed by atoms with Gasteiger partial charge < -0.3 is 14.2 Å². The van der Waals surface area contributed by atoms with Crippen molar-refractivity contribution in [2.75, 3.05) is 26.2 Å². The van der Waals surface area contributed by atoms with Crippen LogP contribution in [0.4, 0.5) is 0 Å². The molecule has 3 aromatic heterocycles. The highest BCUT2D eigenvalue weighted by molar-refractivity contribution is 5.97. The van der Waals surface area contributed by atoms with Gasteiger partial charge in [-0.15, -0.1) is 0 Å². The van der Waals surface area contributed by atoms with Gasteiger partial charge in [0.25, 0.3) is 11.8 Å². The van der Waals surface area contributed by atoms with Gasteiger partial charge in [-0.2, -0.15) is 5.10 Å². The number of hydrogen-bond donors (Lipinski definition) is 1. The third-order valence-electron chi connectivity index (χ3n) is 5.51. The van der Waals surface area contributed by atoms with Crippen LogP contribution in [0, 0.1) is 0 Å². The van der Waals surface area contributed by atoms with E-state index in [1.807, 2.05) is 18.2 Å². The number of benzene rings is 1. The highest BCUT2D eigenvalue weighted by atomic mass is 16.4. The van der Waals surface area contributed by atoms with Crippen LogP contribution in [-0.4, -0.2) is 63.0 Å². The number of aromatic nitrogens is 3. The molecule has 0 unspecified atom stereocenters. The minimum absolute atomic E-state index is 0.000892. The van der Waals surface area contributed by atoms with Crippen molar-refractivity contribution in [1.29, 1.82) is 0 Å². The molecule has 9 heteroatoms. The lowest BCUT2D eigenvalue weighted by molar-refractivity contribution is 0.0530. The zero-order valence-corrected chi connectivity index (χ0v) is 17.0. The molecular weight excluding hydrogens is 410 g/mol.